The van der Waals surface area contributed by atoms with E-state index in [1.165, 1.54) is 45.4 Å². The van der Waals surface area contributed by atoms with Gasteiger partial charge >= 0.3 is 0 Å². The molecule has 1 unspecified atom stereocenters. The van der Waals surface area contributed by atoms with Crippen LogP contribution < -0.4 is 5.73 Å². The molecule has 0 aromatic rings. The van der Waals surface area contributed by atoms with Crippen molar-refractivity contribution in [3.05, 3.63) is 0 Å². The second-order valence-corrected chi connectivity index (χ2v) is 5.85. The highest BCUT2D eigenvalue weighted by atomic mass is 15.2. The third kappa shape index (κ3) is 3.94. The van der Waals surface area contributed by atoms with Crippen molar-refractivity contribution >= 4 is 0 Å². The maximum atomic E-state index is 6.02. The zero-order valence-electron chi connectivity index (χ0n) is 12.2. The lowest BCUT2D eigenvalue weighted by atomic mass is 9.81. The molecule has 1 rings (SSSR count). The molecular weight excluding hydrogens is 210 g/mol. The van der Waals surface area contributed by atoms with Gasteiger partial charge in [-0.3, -0.25) is 4.90 Å². The maximum absolute atomic E-state index is 6.02. The Morgan fingerprint density at radius 1 is 1.24 bits per heavy atom. The SMILES string of the molecule is CCC(CC)(CN)CN1CCCN(C)CC1C. The van der Waals surface area contributed by atoms with E-state index in [0.29, 0.717) is 11.5 Å². The minimum atomic E-state index is 0.331. The van der Waals surface area contributed by atoms with E-state index in [2.05, 4.69) is 37.6 Å². The molecule has 2 N–H and O–H groups in total. The molecule has 0 aromatic carbocycles. The Bertz CT molecular complexity index is 205. The first-order chi connectivity index (χ1) is 8.06. The topological polar surface area (TPSA) is 32.5 Å². The van der Waals surface area contributed by atoms with E-state index in [9.17, 15) is 0 Å². The van der Waals surface area contributed by atoms with Gasteiger partial charge in [0.1, 0.15) is 0 Å². The van der Waals surface area contributed by atoms with Gasteiger partial charge in [-0.25, -0.2) is 0 Å². The largest absolute Gasteiger partial charge is 0.330 e. The molecular formula is C14H31N3. The van der Waals surface area contributed by atoms with Crippen LogP contribution in [0.4, 0.5) is 0 Å². The van der Waals surface area contributed by atoms with Crippen LogP contribution in [-0.2, 0) is 0 Å². The first-order valence-corrected chi connectivity index (χ1v) is 7.19. The molecule has 1 saturated heterocycles. The quantitative estimate of drug-likeness (QED) is 0.796. The van der Waals surface area contributed by atoms with Crippen LogP contribution >= 0.6 is 0 Å². The van der Waals surface area contributed by atoms with Gasteiger partial charge in [0.2, 0.25) is 0 Å². The standard InChI is InChI=1S/C14H31N3/c1-5-14(6-2,11-15)12-17-9-7-8-16(4)10-13(17)3/h13H,5-12,15H2,1-4H3. The summed E-state index contributed by atoms with van der Waals surface area (Å²) in [5, 5.41) is 0. The second-order valence-electron chi connectivity index (χ2n) is 5.85. The Morgan fingerprint density at radius 3 is 2.41 bits per heavy atom. The molecule has 17 heavy (non-hydrogen) atoms. The van der Waals surface area contributed by atoms with Gasteiger partial charge < -0.3 is 10.6 Å². The van der Waals surface area contributed by atoms with Crippen LogP contribution in [-0.4, -0.2) is 55.6 Å². The van der Waals surface area contributed by atoms with Crippen molar-refractivity contribution in [2.24, 2.45) is 11.1 Å². The molecule has 3 heteroatoms. The number of rotatable bonds is 5. The predicted octanol–water partition coefficient (Wildman–Crippen LogP) is 1.78. The van der Waals surface area contributed by atoms with Gasteiger partial charge in [-0.1, -0.05) is 13.8 Å². The third-order valence-electron chi connectivity index (χ3n) is 4.66. The first kappa shape index (κ1) is 14.9. The molecule has 1 aliphatic heterocycles. The lowest BCUT2D eigenvalue weighted by Gasteiger charge is -2.38. The number of nitrogens with two attached hydrogens (primary N) is 1. The molecule has 0 saturated carbocycles. The lowest BCUT2D eigenvalue weighted by molar-refractivity contribution is 0.111. The van der Waals surface area contributed by atoms with Crippen molar-refractivity contribution in [3.8, 4) is 0 Å². The highest BCUT2D eigenvalue weighted by Gasteiger charge is 2.30. The predicted molar refractivity (Wildman–Crippen MR) is 75.2 cm³/mol. The number of likely N-dealkylation sites (N-methyl/N-ethyl adjacent to an activating group) is 1. The molecule has 1 atom stereocenters. The normalized spacial score (nSPS) is 24.9. The van der Waals surface area contributed by atoms with E-state index in [-0.39, 0.29) is 0 Å². The van der Waals surface area contributed by atoms with Crippen LogP contribution in [0, 0.1) is 5.41 Å². The molecule has 1 heterocycles. The summed E-state index contributed by atoms with van der Waals surface area (Å²) in [6, 6.07) is 0.659. The highest BCUT2D eigenvalue weighted by Crippen LogP contribution is 2.27. The van der Waals surface area contributed by atoms with Crippen LogP contribution in [0.5, 0.6) is 0 Å². The molecule has 3 nitrogen and oxygen atoms in total. The van der Waals surface area contributed by atoms with E-state index < -0.39 is 0 Å². The Morgan fingerprint density at radius 2 is 1.88 bits per heavy atom. The van der Waals surface area contributed by atoms with Crippen molar-refractivity contribution in [1.82, 2.24) is 9.80 Å². The van der Waals surface area contributed by atoms with Crippen LogP contribution in [0.3, 0.4) is 0 Å². The van der Waals surface area contributed by atoms with E-state index in [0.717, 1.165) is 6.54 Å². The van der Waals surface area contributed by atoms with E-state index in [1.807, 2.05) is 0 Å². The summed E-state index contributed by atoms with van der Waals surface area (Å²) in [6.07, 6.45) is 3.67. The van der Waals surface area contributed by atoms with Gasteiger partial charge in [0.25, 0.3) is 0 Å². The average molecular weight is 241 g/mol. The minimum absolute atomic E-state index is 0.331. The smallest absolute Gasteiger partial charge is 0.0195 e. The van der Waals surface area contributed by atoms with Gasteiger partial charge in [0.05, 0.1) is 0 Å². The summed E-state index contributed by atoms with van der Waals surface area (Å²) in [6.45, 7) is 12.6. The van der Waals surface area contributed by atoms with Gasteiger partial charge in [0.15, 0.2) is 0 Å². The fraction of sp³-hybridized carbons (Fsp3) is 1.00. The molecule has 0 aromatic heterocycles. The van der Waals surface area contributed by atoms with Crippen molar-refractivity contribution in [3.63, 3.8) is 0 Å². The zero-order chi connectivity index (χ0) is 12.9. The molecule has 0 aliphatic carbocycles. The summed E-state index contributed by atoms with van der Waals surface area (Å²) in [5.41, 5.74) is 6.35. The van der Waals surface area contributed by atoms with Gasteiger partial charge in [-0.15, -0.1) is 0 Å². The molecule has 0 spiro atoms. The number of hydrogen-bond donors (Lipinski definition) is 1. The Hall–Kier alpha value is -0.120. The van der Waals surface area contributed by atoms with Crippen molar-refractivity contribution in [2.45, 2.75) is 46.1 Å². The third-order valence-corrected chi connectivity index (χ3v) is 4.66. The molecule has 0 bridgehead atoms. The first-order valence-electron chi connectivity index (χ1n) is 7.19. The van der Waals surface area contributed by atoms with E-state index in [1.54, 1.807) is 0 Å². The maximum Gasteiger partial charge on any atom is 0.0195 e. The van der Waals surface area contributed by atoms with Gasteiger partial charge in [0, 0.05) is 19.1 Å². The van der Waals surface area contributed by atoms with Crippen LogP contribution in [0.2, 0.25) is 0 Å². The highest BCUT2D eigenvalue weighted by molar-refractivity contribution is 4.85. The number of hydrogen-bond acceptors (Lipinski definition) is 3. The van der Waals surface area contributed by atoms with E-state index in [4.69, 9.17) is 5.73 Å². The zero-order valence-corrected chi connectivity index (χ0v) is 12.2. The molecule has 0 amide bonds. The van der Waals surface area contributed by atoms with Crippen molar-refractivity contribution in [1.29, 1.82) is 0 Å². The summed E-state index contributed by atoms with van der Waals surface area (Å²) >= 11 is 0. The molecule has 1 aliphatic rings. The summed E-state index contributed by atoms with van der Waals surface area (Å²) in [4.78, 5) is 5.11. The van der Waals surface area contributed by atoms with Gasteiger partial charge in [-0.2, -0.15) is 0 Å². The van der Waals surface area contributed by atoms with Crippen LogP contribution in [0.1, 0.15) is 40.0 Å². The Labute approximate surface area is 107 Å². The van der Waals surface area contributed by atoms with Crippen molar-refractivity contribution < 1.29 is 0 Å². The number of nitrogens with zero attached hydrogens (tertiary/aromatic N) is 2. The second kappa shape index (κ2) is 6.72. The fourth-order valence-electron chi connectivity index (χ4n) is 2.91. The lowest BCUT2D eigenvalue weighted by Crippen LogP contribution is -2.47. The Kier molecular flexibility index (Phi) is 5.90. The molecule has 0 radical (unpaired) electrons. The molecule has 1 fully saturated rings. The van der Waals surface area contributed by atoms with Crippen LogP contribution in [0.15, 0.2) is 0 Å². The van der Waals surface area contributed by atoms with Crippen LogP contribution in [0.25, 0.3) is 0 Å². The van der Waals surface area contributed by atoms with Crippen molar-refractivity contribution in [2.75, 3.05) is 39.8 Å². The molecule has 102 valence electrons. The average Bonchev–Trinajstić information content (AvgIpc) is 2.48. The van der Waals surface area contributed by atoms with Gasteiger partial charge in [-0.05, 0) is 58.3 Å². The summed E-state index contributed by atoms with van der Waals surface area (Å²) in [7, 11) is 2.23. The van der Waals surface area contributed by atoms with E-state index >= 15 is 0 Å². The monoisotopic (exact) mass is 241 g/mol. The fourth-order valence-corrected chi connectivity index (χ4v) is 2.91. The Balaban J connectivity index is 2.64. The summed E-state index contributed by atoms with van der Waals surface area (Å²) in [5.74, 6) is 0. The minimum Gasteiger partial charge on any atom is -0.330 e. The summed E-state index contributed by atoms with van der Waals surface area (Å²) < 4.78 is 0.